The van der Waals surface area contributed by atoms with Crippen molar-refractivity contribution >= 4 is 17.4 Å². The van der Waals surface area contributed by atoms with Gasteiger partial charge in [-0.05, 0) is 47.2 Å². The lowest BCUT2D eigenvalue weighted by atomic mass is 9.85. The molecule has 7 heteroatoms. The number of methoxy groups -OCH3 is 1. The first-order chi connectivity index (χ1) is 16.2. The molecule has 2 heterocycles. The molecule has 34 heavy (non-hydrogen) atoms. The van der Waals surface area contributed by atoms with E-state index in [0.29, 0.717) is 54.6 Å². The number of benzene rings is 2. The number of fused-ring (bicyclic) bond motifs is 1. The van der Waals surface area contributed by atoms with E-state index in [-0.39, 0.29) is 16.7 Å². The van der Waals surface area contributed by atoms with Crippen molar-refractivity contribution in [2.24, 2.45) is 0 Å². The Balaban J connectivity index is 1.92. The first-order valence-corrected chi connectivity index (χ1v) is 11.5. The first kappa shape index (κ1) is 23.7. The molecular weight excluding hydrogens is 434 g/mol. The van der Waals surface area contributed by atoms with E-state index in [1.807, 2.05) is 25.1 Å². The van der Waals surface area contributed by atoms with Crippen LogP contribution >= 0.6 is 0 Å². The van der Waals surface area contributed by atoms with Gasteiger partial charge in [0.15, 0.2) is 11.5 Å². The molecule has 1 fully saturated rings. The Morgan fingerprint density at radius 2 is 1.79 bits per heavy atom. The zero-order chi connectivity index (χ0) is 24.6. The minimum atomic E-state index is -0.751. The summed E-state index contributed by atoms with van der Waals surface area (Å²) in [7, 11) is 1.51. The van der Waals surface area contributed by atoms with Gasteiger partial charge < -0.3 is 24.2 Å². The number of aliphatic hydroxyl groups is 1. The molecule has 1 saturated heterocycles. The van der Waals surface area contributed by atoms with Gasteiger partial charge in [-0.1, -0.05) is 39.8 Å². The van der Waals surface area contributed by atoms with Gasteiger partial charge in [-0.15, -0.1) is 0 Å². The molecule has 1 atom stereocenters. The SMILES string of the molecule is CCCN1C(=O)C(=O)/C(=C(/O)c2cc(C(C)(C)C)ccc2OC)C1c1ccc2c(c1)OCCO2. The fraction of sp³-hybridized carbons (Fsp3) is 0.407. The Labute approximate surface area is 199 Å². The molecule has 7 nitrogen and oxygen atoms in total. The second kappa shape index (κ2) is 9.05. The van der Waals surface area contributed by atoms with Gasteiger partial charge in [0.25, 0.3) is 11.7 Å². The Kier molecular flexibility index (Phi) is 6.30. The highest BCUT2D eigenvalue weighted by Gasteiger charge is 2.46. The molecule has 2 aromatic rings. The predicted molar refractivity (Wildman–Crippen MR) is 128 cm³/mol. The number of hydrogen-bond acceptors (Lipinski definition) is 6. The molecular formula is C27H31NO6. The van der Waals surface area contributed by atoms with Gasteiger partial charge in [-0.3, -0.25) is 9.59 Å². The normalized spacial score (nSPS) is 19.4. The summed E-state index contributed by atoms with van der Waals surface area (Å²) in [4.78, 5) is 27.8. The van der Waals surface area contributed by atoms with E-state index < -0.39 is 17.7 Å². The third kappa shape index (κ3) is 4.11. The van der Waals surface area contributed by atoms with Crippen LogP contribution in [0.15, 0.2) is 42.0 Å². The van der Waals surface area contributed by atoms with E-state index in [4.69, 9.17) is 14.2 Å². The van der Waals surface area contributed by atoms with Crippen molar-refractivity contribution in [3.63, 3.8) is 0 Å². The predicted octanol–water partition coefficient (Wildman–Crippen LogP) is 4.60. The van der Waals surface area contributed by atoms with Crippen molar-refractivity contribution in [3.8, 4) is 17.2 Å². The van der Waals surface area contributed by atoms with Crippen LogP contribution in [0, 0.1) is 0 Å². The molecule has 1 N–H and O–H groups in total. The van der Waals surface area contributed by atoms with Gasteiger partial charge in [0, 0.05) is 6.54 Å². The quantitative estimate of drug-likeness (QED) is 0.395. The van der Waals surface area contributed by atoms with Crippen LogP contribution in [0.4, 0.5) is 0 Å². The molecule has 0 aromatic heterocycles. The summed E-state index contributed by atoms with van der Waals surface area (Å²) < 4.78 is 16.9. The average molecular weight is 466 g/mol. The summed E-state index contributed by atoms with van der Waals surface area (Å²) in [5, 5.41) is 11.5. The van der Waals surface area contributed by atoms with Crippen LogP contribution in [0.2, 0.25) is 0 Å². The van der Waals surface area contributed by atoms with Gasteiger partial charge in [0.2, 0.25) is 0 Å². The number of likely N-dealkylation sites (tertiary alicyclic amines) is 1. The maximum atomic E-state index is 13.3. The summed E-state index contributed by atoms with van der Waals surface area (Å²) >= 11 is 0. The number of amides is 1. The second-order valence-electron chi connectivity index (χ2n) is 9.56. The minimum Gasteiger partial charge on any atom is -0.507 e. The fourth-order valence-corrected chi connectivity index (χ4v) is 4.43. The third-order valence-corrected chi connectivity index (χ3v) is 6.21. The Bertz CT molecular complexity index is 1160. The third-order valence-electron chi connectivity index (χ3n) is 6.21. The van der Waals surface area contributed by atoms with E-state index in [9.17, 15) is 14.7 Å². The molecule has 0 spiro atoms. The first-order valence-electron chi connectivity index (χ1n) is 11.5. The molecule has 0 saturated carbocycles. The number of carbonyl (C=O) groups excluding carboxylic acids is 2. The highest BCUT2D eigenvalue weighted by Crippen LogP contribution is 2.44. The molecule has 4 rings (SSSR count). The summed E-state index contributed by atoms with van der Waals surface area (Å²) in [6, 6.07) is 10.1. The Morgan fingerprint density at radius 1 is 1.09 bits per heavy atom. The molecule has 180 valence electrons. The number of carbonyl (C=O) groups is 2. The standard InChI is InChI=1S/C27H31NO6/c1-6-11-28-23(16-7-9-20-21(14-16)34-13-12-33-20)22(25(30)26(28)31)24(29)18-15-17(27(2,3)4)8-10-19(18)32-5/h7-10,14-15,23,29H,6,11-13H2,1-5H3/b24-22+. The van der Waals surface area contributed by atoms with Crippen molar-refractivity contribution in [3.05, 3.63) is 58.7 Å². The van der Waals surface area contributed by atoms with Crippen LogP contribution in [0.1, 0.15) is 56.8 Å². The van der Waals surface area contributed by atoms with Crippen LogP contribution < -0.4 is 14.2 Å². The van der Waals surface area contributed by atoms with Gasteiger partial charge >= 0.3 is 0 Å². The van der Waals surface area contributed by atoms with Crippen molar-refractivity contribution in [1.29, 1.82) is 0 Å². The maximum Gasteiger partial charge on any atom is 0.295 e. The molecule has 2 aliphatic rings. The van der Waals surface area contributed by atoms with Crippen LogP contribution in [-0.4, -0.2) is 48.6 Å². The molecule has 1 amide bonds. The number of ether oxygens (including phenoxy) is 3. The van der Waals surface area contributed by atoms with Gasteiger partial charge in [0.1, 0.15) is 24.7 Å². The zero-order valence-corrected chi connectivity index (χ0v) is 20.3. The Hall–Kier alpha value is -3.48. The average Bonchev–Trinajstić information content (AvgIpc) is 3.07. The summed E-state index contributed by atoms with van der Waals surface area (Å²) in [6.07, 6.45) is 0.664. The van der Waals surface area contributed by atoms with Gasteiger partial charge in [-0.25, -0.2) is 0 Å². The summed E-state index contributed by atoms with van der Waals surface area (Å²) in [5.74, 6) is -0.00340. The fourth-order valence-electron chi connectivity index (χ4n) is 4.43. The van der Waals surface area contributed by atoms with Crippen molar-refractivity contribution in [2.75, 3.05) is 26.9 Å². The smallest absolute Gasteiger partial charge is 0.295 e. The van der Waals surface area contributed by atoms with Crippen LogP contribution in [0.25, 0.3) is 5.76 Å². The lowest BCUT2D eigenvalue weighted by Crippen LogP contribution is -2.30. The molecule has 2 aliphatic heterocycles. The maximum absolute atomic E-state index is 13.3. The number of rotatable bonds is 5. The molecule has 0 bridgehead atoms. The highest BCUT2D eigenvalue weighted by molar-refractivity contribution is 6.46. The van der Waals surface area contributed by atoms with Crippen molar-refractivity contribution < 1.29 is 28.9 Å². The Morgan fingerprint density at radius 3 is 2.44 bits per heavy atom. The zero-order valence-electron chi connectivity index (χ0n) is 20.3. The van der Waals surface area contributed by atoms with E-state index in [0.717, 1.165) is 5.56 Å². The van der Waals surface area contributed by atoms with Crippen molar-refractivity contribution in [2.45, 2.75) is 45.6 Å². The van der Waals surface area contributed by atoms with Crippen molar-refractivity contribution in [1.82, 2.24) is 4.90 Å². The summed E-state index contributed by atoms with van der Waals surface area (Å²) in [5.41, 5.74) is 1.87. The monoisotopic (exact) mass is 465 g/mol. The molecule has 0 radical (unpaired) electrons. The van der Waals surface area contributed by atoms with Crippen LogP contribution in [0.5, 0.6) is 17.2 Å². The van der Waals surface area contributed by atoms with E-state index in [2.05, 4.69) is 20.8 Å². The number of hydrogen-bond donors (Lipinski definition) is 1. The van der Waals surface area contributed by atoms with Crippen LogP contribution in [-0.2, 0) is 15.0 Å². The topological polar surface area (TPSA) is 85.3 Å². The lowest BCUT2D eigenvalue weighted by Gasteiger charge is -2.27. The molecule has 2 aromatic carbocycles. The lowest BCUT2D eigenvalue weighted by molar-refractivity contribution is -0.139. The van der Waals surface area contributed by atoms with Gasteiger partial charge in [-0.2, -0.15) is 0 Å². The highest BCUT2D eigenvalue weighted by atomic mass is 16.6. The second-order valence-corrected chi connectivity index (χ2v) is 9.56. The van der Waals surface area contributed by atoms with Gasteiger partial charge in [0.05, 0.1) is 24.3 Å². The minimum absolute atomic E-state index is 0.0412. The number of aliphatic hydroxyl groups excluding tert-OH is 1. The van der Waals surface area contributed by atoms with E-state index in [1.54, 1.807) is 18.2 Å². The van der Waals surface area contributed by atoms with E-state index in [1.165, 1.54) is 12.0 Å². The molecule has 1 unspecified atom stereocenters. The summed E-state index contributed by atoms with van der Waals surface area (Å²) in [6.45, 7) is 9.39. The van der Waals surface area contributed by atoms with Crippen LogP contribution in [0.3, 0.4) is 0 Å². The number of Topliss-reactive ketones (excluding diaryl/α,β-unsaturated/α-hetero) is 1. The number of nitrogens with zero attached hydrogens (tertiary/aromatic N) is 1. The molecule has 0 aliphatic carbocycles. The van der Waals surface area contributed by atoms with E-state index >= 15 is 0 Å². The number of ketones is 1. The largest absolute Gasteiger partial charge is 0.507 e.